The van der Waals surface area contributed by atoms with E-state index in [4.69, 9.17) is 11.6 Å². The first-order valence-electron chi connectivity index (χ1n) is 7.75. The summed E-state index contributed by atoms with van der Waals surface area (Å²) in [5.74, 6) is -0.0818. The topological polar surface area (TPSA) is 52.9 Å². The molecule has 124 valence electrons. The second-order valence-corrected chi connectivity index (χ2v) is 7.14. The maximum absolute atomic E-state index is 13.2. The SMILES string of the molecule is Cc1ccccc1C(=O)N1CC(C)(C)/C(=N\O)c2ccc(Cl)cc21. The highest BCUT2D eigenvalue weighted by molar-refractivity contribution is 6.31. The number of nitrogens with zero attached hydrogens (tertiary/aromatic N) is 2. The van der Waals surface area contributed by atoms with E-state index in [1.54, 1.807) is 23.1 Å². The van der Waals surface area contributed by atoms with E-state index in [1.807, 2.05) is 45.0 Å². The summed E-state index contributed by atoms with van der Waals surface area (Å²) in [5.41, 5.74) is 3.05. The zero-order valence-electron chi connectivity index (χ0n) is 13.9. The molecule has 1 amide bonds. The Labute approximate surface area is 146 Å². The van der Waals surface area contributed by atoms with Crippen LogP contribution in [0, 0.1) is 12.3 Å². The van der Waals surface area contributed by atoms with Crippen LogP contribution in [-0.4, -0.2) is 23.4 Å². The van der Waals surface area contributed by atoms with Gasteiger partial charge in [0, 0.05) is 28.1 Å². The Bertz CT molecular complexity index is 843. The Morgan fingerprint density at radius 3 is 2.62 bits per heavy atom. The van der Waals surface area contributed by atoms with Gasteiger partial charge in [-0.25, -0.2) is 0 Å². The van der Waals surface area contributed by atoms with E-state index in [-0.39, 0.29) is 5.91 Å². The van der Waals surface area contributed by atoms with Gasteiger partial charge in [0.25, 0.3) is 5.91 Å². The molecule has 1 aliphatic heterocycles. The molecule has 5 heteroatoms. The van der Waals surface area contributed by atoms with Gasteiger partial charge in [0.15, 0.2) is 0 Å². The number of aryl methyl sites for hydroxylation is 1. The number of anilines is 1. The molecule has 0 aliphatic carbocycles. The predicted octanol–water partition coefficient (Wildman–Crippen LogP) is 4.51. The fraction of sp³-hybridized carbons (Fsp3) is 0.263. The maximum atomic E-state index is 13.2. The first kappa shape index (κ1) is 16.5. The van der Waals surface area contributed by atoms with E-state index in [1.165, 1.54) is 0 Å². The highest BCUT2D eigenvalue weighted by Crippen LogP contribution is 2.39. The van der Waals surface area contributed by atoms with Crippen molar-refractivity contribution in [3.8, 4) is 0 Å². The van der Waals surface area contributed by atoms with Gasteiger partial charge in [-0.3, -0.25) is 4.79 Å². The normalized spacial score (nSPS) is 17.7. The molecule has 0 fully saturated rings. The van der Waals surface area contributed by atoms with E-state index in [0.717, 1.165) is 11.1 Å². The Hall–Kier alpha value is -2.33. The van der Waals surface area contributed by atoms with Crippen molar-refractivity contribution >= 4 is 28.9 Å². The molecule has 0 saturated carbocycles. The fourth-order valence-corrected chi connectivity index (χ4v) is 3.34. The first-order chi connectivity index (χ1) is 11.3. The molecule has 0 saturated heterocycles. The van der Waals surface area contributed by atoms with Crippen LogP contribution >= 0.6 is 11.6 Å². The molecule has 1 N–H and O–H groups in total. The fourth-order valence-electron chi connectivity index (χ4n) is 3.18. The highest BCUT2D eigenvalue weighted by atomic mass is 35.5. The summed E-state index contributed by atoms with van der Waals surface area (Å²) < 4.78 is 0. The van der Waals surface area contributed by atoms with E-state index >= 15 is 0 Å². The smallest absolute Gasteiger partial charge is 0.258 e. The molecule has 0 radical (unpaired) electrons. The molecule has 4 nitrogen and oxygen atoms in total. The lowest BCUT2D eigenvalue weighted by Crippen LogP contribution is -2.48. The van der Waals surface area contributed by atoms with Gasteiger partial charge in [-0.15, -0.1) is 0 Å². The summed E-state index contributed by atoms with van der Waals surface area (Å²) in [5, 5.41) is 13.5. The van der Waals surface area contributed by atoms with Crippen LogP contribution in [0.3, 0.4) is 0 Å². The van der Waals surface area contributed by atoms with Crippen LogP contribution in [0.15, 0.2) is 47.6 Å². The van der Waals surface area contributed by atoms with Crippen LogP contribution in [0.25, 0.3) is 0 Å². The van der Waals surface area contributed by atoms with Crippen molar-refractivity contribution in [3.05, 3.63) is 64.2 Å². The standard InChI is InChI=1S/C19H19ClN2O2/c1-12-6-4-5-7-14(12)18(23)22-11-19(2,3)17(21-24)15-9-8-13(20)10-16(15)22/h4-10,24H,11H2,1-3H3/b21-17-. The van der Waals surface area contributed by atoms with Gasteiger partial charge in [-0.1, -0.05) is 48.8 Å². The minimum Gasteiger partial charge on any atom is -0.411 e. The Morgan fingerprint density at radius 2 is 1.96 bits per heavy atom. The molecule has 0 atom stereocenters. The third kappa shape index (κ3) is 2.67. The predicted molar refractivity (Wildman–Crippen MR) is 96.4 cm³/mol. The number of hydrogen-bond acceptors (Lipinski definition) is 3. The molecule has 0 unspecified atom stereocenters. The lowest BCUT2D eigenvalue weighted by molar-refractivity contribution is 0.0979. The number of rotatable bonds is 1. The van der Waals surface area contributed by atoms with Crippen molar-refractivity contribution in [1.29, 1.82) is 0 Å². The van der Waals surface area contributed by atoms with Crippen LogP contribution in [0.2, 0.25) is 5.02 Å². The number of halogens is 1. The van der Waals surface area contributed by atoms with Gasteiger partial charge in [0.1, 0.15) is 0 Å². The van der Waals surface area contributed by atoms with Crippen molar-refractivity contribution in [3.63, 3.8) is 0 Å². The maximum Gasteiger partial charge on any atom is 0.258 e. The quantitative estimate of drug-likeness (QED) is 0.612. The highest BCUT2D eigenvalue weighted by Gasteiger charge is 2.39. The molecule has 24 heavy (non-hydrogen) atoms. The molecule has 3 rings (SSSR count). The number of oxime groups is 1. The summed E-state index contributed by atoms with van der Waals surface area (Å²) in [6.07, 6.45) is 0. The van der Waals surface area contributed by atoms with Crippen molar-refractivity contribution in [1.82, 2.24) is 0 Å². The van der Waals surface area contributed by atoms with Crippen molar-refractivity contribution in [2.75, 3.05) is 11.4 Å². The lowest BCUT2D eigenvalue weighted by Gasteiger charge is -2.40. The molecule has 0 aromatic heterocycles. The third-order valence-corrected chi connectivity index (χ3v) is 4.66. The van der Waals surface area contributed by atoms with Gasteiger partial charge in [0.05, 0.1) is 11.4 Å². The van der Waals surface area contributed by atoms with E-state index in [0.29, 0.717) is 28.5 Å². The number of benzene rings is 2. The zero-order valence-corrected chi connectivity index (χ0v) is 14.6. The summed E-state index contributed by atoms with van der Waals surface area (Å²) in [6, 6.07) is 12.8. The van der Waals surface area contributed by atoms with Crippen molar-refractivity contribution < 1.29 is 10.0 Å². The monoisotopic (exact) mass is 342 g/mol. The molecule has 1 aliphatic rings. The number of carbonyl (C=O) groups is 1. The van der Waals surface area contributed by atoms with E-state index in [9.17, 15) is 10.0 Å². The van der Waals surface area contributed by atoms with Crippen molar-refractivity contribution in [2.45, 2.75) is 20.8 Å². The average molecular weight is 343 g/mol. The van der Waals surface area contributed by atoms with E-state index < -0.39 is 5.41 Å². The van der Waals surface area contributed by atoms with Crippen LogP contribution in [0.4, 0.5) is 5.69 Å². The number of hydrogen-bond donors (Lipinski definition) is 1. The van der Waals surface area contributed by atoms with Gasteiger partial charge in [-0.05, 0) is 36.8 Å². The van der Waals surface area contributed by atoms with Crippen LogP contribution in [-0.2, 0) is 0 Å². The number of fused-ring (bicyclic) bond motifs is 1. The molecule has 2 aromatic carbocycles. The lowest BCUT2D eigenvalue weighted by atomic mass is 9.78. The average Bonchev–Trinajstić information content (AvgIpc) is 2.54. The third-order valence-electron chi connectivity index (χ3n) is 4.42. The molecule has 0 bridgehead atoms. The molecule has 2 aromatic rings. The van der Waals surface area contributed by atoms with Gasteiger partial charge in [0.2, 0.25) is 0 Å². The minimum absolute atomic E-state index is 0.0818. The first-order valence-corrected chi connectivity index (χ1v) is 8.13. The van der Waals surface area contributed by atoms with Crippen LogP contribution < -0.4 is 4.90 Å². The van der Waals surface area contributed by atoms with Crippen molar-refractivity contribution in [2.24, 2.45) is 10.6 Å². The van der Waals surface area contributed by atoms with E-state index in [2.05, 4.69) is 5.16 Å². The summed E-state index contributed by atoms with van der Waals surface area (Å²) >= 11 is 6.15. The van der Waals surface area contributed by atoms with Crippen LogP contribution in [0.5, 0.6) is 0 Å². The Kier molecular flexibility index (Phi) is 4.10. The molecule has 0 spiro atoms. The number of amides is 1. The second-order valence-electron chi connectivity index (χ2n) is 6.70. The Morgan fingerprint density at radius 1 is 1.25 bits per heavy atom. The van der Waals surface area contributed by atoms with Crippen LogP contribution in [0.1, 0.15) is 35.3 Å². The zero-order chi connectivity index (χ0) is 17.5. The second kappa shape index (κ2) is 5.95. The van der Waals surface area contributed by atoms with Gasteiger partial charge in [-0.2, -0.15) is 0 Å². The summed E-state index contributed by atoms with van der Waals surface area (Å²) in [6.45, 7) is 6.24. The summed E-state index contributed by atoms with van der Waals surface area (Å²) in [7, 11) is 0. The largest absolute Gasteiger partial charge is 0.411 e. The minimum atomic E-state index is -0.478. The molecular formula is C19H19ClN2O2. The molecule has 1 heterocycles. The van der Waals surface area contributed by atoms with Gasteiger partial charge < -0.3 is 10.1 Å². The van der Waals surface area contributed by atoms with Gasteiger partial charge >= 0.3 is 0 Å². The number of carbonyl (C=O) groups excluding carboxylic acids is 1. The summed E-state index contributed by atoms with van der Waals surface area (Å²) in [4.78, 5) is 14.9. The Balaban J connectivity index is 2.17. The molecular weight excluding hydrogens is 324 g/mol.